The molecule has 226 valence electrons. The van der Waals surface area contributed by atoms with Crippen LogP contribution in [0.2, 0.25) is 10.0 Å². The number of hydrogen-bond donors (Lipinski definition) is 1. The van der Waals surface area contributed by atoms with Crippen molar-refractivity contribution >= 4 is 55.8 Å². The third-order valence-electron chi connectivity index (χ3n) is 7.28. The molecule has 2 amide bonds. The number of hydrogen-bond acceptors (Lipinski definition) is 4. The molecule has 0 spiro atoms. The molecule has 0 bridgehead atoms. The monoisotopic (exact) mass is 639 g/mol. The van der Waals surface area contributed by atoms with Crippen molar-refractivity contribution in [2.45, 2.75) is 43.7 Å². The summed E-state index contributed by atoms with van der Waals surface area (Å²) in [5.41, 5.74) is 1.32. The van der Waals surface area contributed by atoms with Crippen LogP contribution in [0.5, 0.6) is 0 Å². The van der Waals surface area contributed by atoms with Gasteiger partial charge in [0.2, 0.25) is 21.8 Å². The summed E-state index contributed by atoms with van der Waals surface area (Å²) in [6.45, 7) is 1.89. The lowest BCUT2D eigenvalue weighted by atomic mass is 10.0. The molecule has 4 aromatic rings. The Hall–Kier alpha value is -3.43. The van der Waals surface area contributed by atoms with Crippen LogP contribution >= 0.6 is 23.2 Å². The minimum atomic E-state index is -4.04. The Morgan fingerprint density at radius 2 is 1.51 bits per heavy atom. The largest absolute Gasteiger partial charge is 0.354 e. The predicted molar refractivity (Wildman–Crippen MR) is 173 cm³/mol. The highest BCUT2D eigenvalue weighted by Crippen LogP contribution is 2.28. The summed E-state index contributed by atoms with van der Waals surface area (Å²) < 4.78 is 28.2. The van der Waals surface area contributed by atoms with Crippen LogP contribution in [0.15, 0.2) is 95.9 Å². The minimum Gasteiger partial charge on any atom is -0.354 e. The van der Waals surface area contributed by atoms with Crippen LogP contribution in [-0.4, -0.2) is 55.6 Å². The number of likely N-dealkylation sites (N-methyl/N-ethyl adjacent to an activating group) is 1. The zero-order valence-corrected chi connectivity index (χ0v) is 26.5. The third-order valence-corrected chi connectivity index (χ3v) is 9.79. The van der Waals surface area contributed by atoms with Crippen LogP contribution in [0, 0.1) is 0 Å². The summed E-state index contributed by atoms with van der Waals surface area (Å²) in [5, 5.41) is 5.30. The Kier molecular flexibility index (Phi) is 11.2. The average molecular weight is 641 g/mol. The zero-order valence-electron chi connectivity index (χ0n) is 24.2. The van der Waals surface area contributed by atoms with Gasteiger partial charge in [-0.3, -0.25) is 9.59 Å². The van der Waals surface area contributed by atoms with E-state index in [1.54, 1.807) is 30.3 Å². The van der Waals surface area contributed by atoms with Crippen molar-refractivity contribution in [3.8, 4) is 0 Å². The van der Waals surface area contributed by atoms with E-state index in [1.165, 1.54) is 18.0 Å². The summed E-state index contributed by atoms with van der Waals surface area (Å²) in [5.74, 6) is -0.900. The van der Waals surface area contributed by atoms with Gasteiger partial charge < -0.3 is 10.2 Å². The van der Waals surface area contributed by atoms with E-state index in [1.807, 2.05) is 61.5 Å². The second kappa shape index (κ2) is 14.8. The molecule has 0 heterocycles. The van der Waals surface area contributed by atoms with E-state index in [4.69, 9.17) is 23.2 Å². The minimum absolute atomic E-state index is 0.0698. The molecule has 0 aliphatic carbocycles. The van der Waals surface area contributed by atoms with Crippen LogP contribution in [0.3, 0.4) is 0 Å². The van der Waals surface area contributed by atoms with Gasteiger partial charge in [-0.25, -0.2) is 8.42 Å². The first-order valence-electron chi connectivity index (χ1n) is 14.1. The standard InChI is InChI=1S/C33H35Cl2N3O4S/c1-3-4-19-36-33(40)31(20-24-11-6-5-7-12-24)38(22-28-29(34)15-10-16-30(28)35)32(39)23-37(2)43(41,42)27-18-17-25-13-8-9-14-26(25)21-27/h5-18,21,31H,3-4,19-20,22-23H2,1-2H3,(H,36,40). The highest BCUT2D eigenvalue weighted by atomic mass is 35.5. The number of fused-ring (bicyclic) bond motifs is 1. The number of halogens is 2. The third kappa shape index (κ3) is 8.15. The van der Waals surface area contributed by atoms with Crippen molar-refractivity contribution in [3.63, 3.8) is 0 Å². The number of sulfonamides is 1. The van der Waals surface area contributed by atoms with E-state index in [2.05, 4.69) is 5.32 Å². The normalized spacial score (nSPS) is 12.3. The lowest BCUT2D eigenvalue weighted by molar-refractivity contribution is -0.141. The van der Waals surface area contributed by atoms with Gasteiger partial charge in [0.25, 0.3) is 0 Å². The average Bonchev–Trinajstić information content (AvgIpc) is 3.00. The Labute approximate surface area is 263 Å². The molecule has 0 fully saturated rings. The van der Waals surface area contributed by atoms with Gasteiger partial charge in [-0.05, 0) is 47.0 Å². The lowest BCUT2D eigenvalue weighted by Crippen LogP contribution is -2.53. The molecule has 4 aromatic carbocycles. The predicted octanol–water partition coefficient (Wildman–Crippen LogP) is 6.32. The first-order valence-corrected chi connectivity index (χ1v) is 16.3. The second-order valence-electron chi connectivity index (χ2n) is 10.3. The van der Waals surface area contributed by atoms with Crippen LogP contribution in [0.4, 0.5) is 0 Å². The number of nitrogens with zero attached hydrogens (tertiary/aromatic N) is 2. The van der Waals surface area contributed by atoms with E-state index in [0.717, 1.165) is 33.5 Å². The summed E-state index contributed by atoms with van der Waals surface area (Å²) >= 11 is 13.0. The first-order chi connectivity index (χ1) is 20.6. The molecule has 0 aromatic heterocycles. The van der Waals surface area contributed by atoms with E-state index in [0.29, 0.717) is 22.2 Å². The molecule has 0 radical (unpaired) electrons. The van der Waals surface area contributed by atoms with Crippen LogP contribution in [-0.2, 0) is 32.6 Å². The summed E-state index contributed by atoms with van der Waals surface area (Å²) in [6, 6.07) is 25.7. The molecular formula is C33H35Cl2N3O4S. The van der Waals surface area contributed by atoms with Gasteiger partial charge in [-0.2, -0.15) is 4.31 Å². The molecule has 1 unspecified atom stereocenters. The molecule has 0 aliphatic heterocycles. The maximum Gasteiger partial charge on any atom is 0.243 e. The van der Waals surface area contributed by atoms with Crippen molar-refractivity contribution in [1.82, 2.24) is 14.5 Å². The van der Waals surface area contributed by atoms with E-state index in [-0.39, 0.29) is 23.8 Å². The fraction of sp³-hybridized carbons (Fsp3) is 0.273. The second-order valence-corrected chi connectivity index (χ2v) is 13.2. The van der Waals surface area contributed by atoms with Crippen molar-refractivity contribution in [2.24, 2.45) is 0 Å². The molecule has 0 saturated heterocycles. The summed E-state index contributed by atoms with van der Waals surface area (Å²) in [6.07, 6.45) is 1.88. The Morgan fingerprint density at radius 1 is 0.860 bits per heavy atom. The number of nitrogens with one attached hydrogen (secondary N) is 1. The highest BCUT2D eigenvalue weighted by molar-refractivity contribution is 7.89. The zero-order chi connectivity index (χ0) is 31.0. The maximum atomic E-state index is 14.1. The highest BCUT2D eigenvalue weighted by Gasteiger charge is 2.33. The molecule has 1 atom stereocenters. The van der Waals surface area contributed by atoms with Gasteiger partial charge in [-0.1, -0.05) is 103 Å². The molecule has 43 heavy (non-hydrogen) atoms. The van der Waals surface area contributed by atoms with E-state index in [9.17, 15) is 18.0 Å². The first kappa shape index (κ1) is 32.5. The van der Waals surface area contributed by atoms with Gasteiger partial charge in [0.1, 0.15) is 6.04 Å². The Morgan fingerprint density at radius 3 is 2.19 bits per heavy atom. The van der Waals surface area contributed by atoms with Gasteiger partial charge in [0.05, 0.1) is 11.4 Å². The molecule has 1 N–H and O–H groups in total. The quantitative estimate of drug-likeness (QED) is 0.173. The summed E-state index contributed by atoms with van der Waals surface area (Å²) in [4.78, 5) is 29.2. The molecule has 10 heteroatoms. The van der Waals surface area contributed by atoms with Crippen molar-refractivity contribution in [2.75, 3.05) is 20.1 Å². The topological polar surface area (TPSA) is 86.8 Å². The van der Waals surface area contributed by atoms with Gasteiger partial charge in [0, 0.05) is 42.2 Å². The number of unbranched alkanes of at least 4 members (excludes halogenated alkanes) is 1. The molecule has 4 rings (SSSR count). The van der Waals surface area contributed by atoms with E-state index < -0.39 is 28.5 Å². The van der Waals surface area contributed by atoms with Crippen LogP contribution in [0.1, 0.15) is 30.9 Å². The molecule has 0 aliphatic rings. The number of carbonyl (C=O) groups is 2. The van der Waals surface area contributed by atoms with Gasteiger partial charge in [0.15, 0.2) is 0 Å². The maximum absolute atomic E-state index is 14.1. The number of benzene rings is 4. The van der Waals surface area contributed by atoms with Crippen LogP contribution in [0.25, 0.3) is 10.8 Å². The Bertz CT molecular complexity index is 1660. The number of rotatable bonds is 13. The van der Waals surface area contributed by atoms with Gasteiger partial charge in [-0.15, -0.1) is 0 Å². The SMILES string of the molecule is CCCCNC(=O)C(Cc1ccccc1)N(Cc1c(Cl)cccc1Cl)C(=O)CN(C)S(=O)(=O)c1ccc2ccccc2c1. The lowest BCUT2D eigenvalue weighted by Gasteiger charge is -2.33. The van der Waals surface area contributed by atoms with Gasteiger partial charge >= 0.3 is 0 Å². The van der Waals surface area contributed by atoms with Crippen molar-refractivity contribution < 1.29 is 18.0 Å². The van der Waals surface area contributed by atoms with Crippen molar-refractivity contribution in [1.29, 1.82) is 0 Å². The van der Waals surface area contributed by atoms with E-state index >= 15 is 0 Å². The molecule has 0 saturated carbocycles. The molecule has 7 nitrogen and oxygen atoms in total. The Balaban J connectivity index is 1.69. The smallest absolute Gasteiger partial charge is 0.243 e. The fourth-order valence-corrected chi connectivity index (χ4v) is 6.46. The summed E-state index contributed by atoms with van der Waals surface area (Å²) in [7, 11) is -2.68. The van der Waals surface area contributed by atoms with Crippen molar-refractivity contribution in [3.05, 3.63) is 112 Å². The fourth-order valence-electron chi connectivity index (χ4n) is 4.79. The number of amides is 2. The number of carbonyl (C=O) groups excluding carboxylic acids is 2. The molecular weight excluding hydrogens is 605 g/mol. The van der Waals surface area contributed by atoms with Crippen LogP contribution < -0.4 is 5.32 Å².